The van der Waals surface area contributed by atoms with Crippen LogP contribution in [0.1, 0.15) is 19.5 Å². The van der Waals surface area contributed by atoms with Gasteiger partial charge in [0.15, 0.2) is 0 Å². The summed E-state index contributed by atoms with van der Waals surface area (Å²) in [5.74, 6) is 0.965. The third-order valence-corrected chi connectivity index (χ3v) is 3.24. The molecule has 6 heteroatoms. The van der Waals surface area contributed by atoms with Crippen molar-refractivity contribution in [2.45, 2.75) is 33.4 Å². The highest BCUT2D eigenvalue weighted by Gasteiger charge is 2.13. The van der Waals surface area contributed by atoms with Crippen LogP contribution in [0.2, 0.25) is 0 Å². The zero-order chi connectivity index (χ0) is 17.0. The summed E-state index contributed by atoms with van der Waals surface area (Å²) in [6.45, 7) is 5.44. The number of ether oxygens (including phenoxy) is 1. The average molecular weight is 315 g/mol. The Kier molecular flexibility index (Phi) is 5.16. The molecule has 1 amide bonds. The Morgan fingerprint density at radius 2 is 1.96 bits per heavy atom. The second-order valence-corrected chi connectivity index (χ2v) is 5.60. The normalized spacial score (nSPS) is 10.7. The van der Waals surface area contributed by atoms with Crippen LogP contribution in [0.15, 0.2) is 35.1 Å². The van der Waals surface area contributed by atoms with Crippen molar-refractivity contribution in [3.05, 3.63) is 46.4 Å². The van der Waals surface area contributed by atoms with Crippen LogP contribution in [-0.2, 0) is 11.3 Å². The Labute approximate surface area is 135 Å². The minimum absolute atomic E-state index is 0.0149. The van der Waals surface area contributed by atoms with E-state index < -0.39 is 0 Å². The van der Waals surface area contributed by atoms with Gasteiger partial charge in [0.2, 0.25) is 5.91 Å². The van der Waals surface area contributed by atoms with Crippen molar-refractivity contribution in [2.75, 3.05) is 7.11 Å². The summed E-state index contributed by atoms with van der Waals surface area (Å²) < 4.78 is 6.52. The number of rotatable bonds is 5. The van der Waals surface area contributed by atoms with E-state index in [-0.39, 0.29) is 24.1 Å². The van der Waals surface area contributed by atoms with Crippen LogP contribution in [0.5, 0.6) is 5.75 Å². The van der Waals surface area contributed by atoms with Crippen LogP contribution in [-0.4, -0.2) is 28.6 Å². The lowest BCUT2D eigenvalue weighted by molar-refractivity contribution is -0.122. The minimum atomic E-state index is -0.248. The maximum absolute atomic E-state index is 12.3. The Hall–Kier alpha value is -2.63. The summed E-state index contributed by atoms with van der Waals surface area (Å²) >= 11 is 0. The highest BCUT2D eigenvalue weighted by atomic mass is 16.5. The number of carbonyl (C=O) groups excluding carboxylic acids is 1. The molecule has 0 unspecified atom stereocenters. The van der Waals surface area contributed by atoms with Crippen molar-refractivity contribution >= 4 is 5.91 Å². The molecule has 122 valence electrons. The number of nitrogens with one attached hydrogen (secondary N) is 1. The molecule has 0 aliphatic carbocycles. The van der Waals surface area contributed by atoms with Gasteiger partial charge in [-0.3, -0.25) is 14.2 Å². The first-order chi connectivity index (χ1) is 10.9. The molecule has 0 saturated heterocycles. The van der Waals surface area contributed by atoms with Crippen LogP contribution in [0, 0.1) is 6.92 Å². The van der Waals surface area contributed by atoms with Crippen LogP contribution >= 0.6 is 0 Å². The quantitative estimate of drug-likeness (QED) is 0.912. The summed E-state index contributed by atoms with van der Waals surface area (Å²) in [4.78, 5) is 28.8. The monoisotopic (exact) mass is 315 g/mol. The fraction of sp³-hybridized carbons (Fsp3) is 0.353. The third-order valence-electron chi connectivity index (χ3n) is 3.24. The van der Waals surface area contributed by atoms with Gasteiger partial charge >= 0.3 is 0 Å². The van der Waals surface area contributed by atoms with E-state index in [0.717, 1.165) is 5.56 Å². The van der Waals surface area contributed by atoms with Crippen molar-refractivity contribution in [1.29, 1.82) is 0 Å². The molecule has 0 saturated carbocycles. The zero-order valence-electron chi connectivity index (χ0n) is 13.8. The molecule has 0 aliphatic heterocycles. The third kappa shape index (κ3) is 4.18. The standard InChI is InChI=1S/C17H21N3O3/c1-11(2)18-15(21)10-20-16(22)9-12(3)19-17(20)13-5-7-14(23-4)8-6-13/h5-9,11H,10H2,1-4H3,(H,18,21). The number of hydrogen-bond acceptors (Lipinski definition) is 4. The van der Waals surface area contributed by atoms with Gasteiger partial charge in [-0.1, -0.05) is 0 Å². The second-order valence-electron chi connectivity index (χ2n) is 5.60. The van der Waals surface area contributed by atoms with E-state index in [1.54, 1.807) is 26.2 Å². The first kappa shape index (κ1) is 16.7. The molecule has 23 heavy (non-hydrogen) atoms. The van der Waals surface area contributed by atoms with E-state index >= 15 is 0 Å². The molecule has 0 atom stereocenters. The van der Waals surface area contributed by atoms with Gasteiger partial charge in [0.05, 0.1) is 7.11 Å². The molecule has 0 spiro atoms. The molecule has 2 aromatic rings. The van der Waals surface area contributed by atoms with Crippen molar-refractivity contribution < 1.29 is 9.53 Å². The van der Waals surface area contributed by atoms with Gasteiger partial charge in [-0.05, 0) is 45.0 Å². The molecule has 0 bridgehead atoms. The van der Waals surface area contributed by atoms with Gasteiger partial charge in [0, 0.05) is 23.4 Å². The van der Waals surface area contributed by atoms with Gasteiger partial charge in [0.25, 0.3) is 5.56 Å². The Morgan fingerprint density at radius 1 is 1.30 bits per heavy atom. The van der Waals surface area contributed by atoms with Crippen molar-refractivity contribution in [2.24, 2.45) is 0 Å². The lowest BCUT2D eigenvalue weighted by Crippen LogP contribution is -2.36. The lowest BCUT2D eigenvalue weighted by Gasteiger charge is -2.14. The Balaban J connectivity index is 2.44. The molecule has 1 aromatic carbocycles. The van der Waals surface area contributed by atoms with E-state index in [9.17, 15) is 9.59 Å². The summed E-state index contributed by atoms with van der Waals surface area (Å²) in [7, 11) is 1.59. The van der Waals surface area contributed by atoms with Crippen molar-refractivity contribution in [1.82, 2.24) is 14.9 Å². The van der Waals surface area contributed by atoms with Gasteiger partial charge in [0.1, 0.15) is 18.1 Å². The number of methoxy groups -OCH3 is 1. The Bertz CT molecular complexity index is 749. The van der Waals surface area contributed by atoms with Gasteiger partial charge in [-0.25, -0.2) is 4.98 Å². The molecule has 1 N–H and O–H groups in total. The van der Waals surface area contributed by atoms with Crippen LogP contribution < -0.4 is 15.6 Å². The highest BCUT2D eigenvalue weighted by molar-refractivity contribution is 5.76. The second kappa shape index (κ2) is 7.09. The average Bonchev–Trinajstić information content (AvgIpc) is 2.49. The summed E-state index contributed by atoms with van der Waals surface area (Å²) in [6, 6.07) is 8.66. The maximum Gasteiger partial charge on any atom is 0.254 e. The molecule has 2 rings (SSSR count). The topological polar surface area (TPSA) is 73.2 Å². The number of aromatic nitrogens is 2. The number of nitrogens with zero attached hydrogens (tertiary/aromatic N) is 2. The fourth-order valence-electron chi connectivity index (χ4n) is 2.25. The highest BCUT2D eigenvalue weighted by Crippen LogP contribution is 2.20. The number of amides is 1. The molecule has 6 nitrogen and oxygen atoms in total. The maximum atomic E-state index is 12.3. The Morgan fingerprint density at radius 3 is 2.52 bits per heavy atom. The SMILES string of the molecule is COc1ccc(-c2nc(C)cc(=O)n2CC(=O)NC(C)C)cc1. The van der Waals surface area contributed by atoms with Crippen LogP contribution in [0.25, 0.3) is 11.4 Å². The smallest absolute Gasteiger partial charge is 0.254 e. The molecular formula is C17H21N3O3. The van der Waals surface area contributed by atoms with Crippen LogP contribution in [0.3, 0.4) is 0 Å². The van der Waals surface area contributed by atoms with E-state index in [0.29, 0.717) is 17.3 Å². The van der Waals surface area contributed by atoms with E-state index in [1.165, 1.54) is 10.6 Å². The van der Waals surface area contributed by atoms with E-state index in [1.807, 2.05) is 26.0 Å². The van der Waals surface area contributed by atoms with Gasteiger partial charge in [-0.15, -0.1) is 0 Å². The molecule has 1 aromatic heterocycles. The molecular weight excluding hydrogens is 294 g/mol. The lowest BCUT2D eigenvalue weighted by atomic mass is 10.2. The van der Waals surface area contributed by atoms with Gasteiger partial charge in [-0.2, -0.15) is 0 Å². The first-order valence-electron chi connectivity index (χ1n) is 7.43. The summed E-state index contributed by atoms with van der Waals surface area (Å²) in [6.07, 6.45) is 0. The van der Waals surface area contributed by atoms with E-state index in [2.05, 4.69) is 10.3 Å². The minimum Gasteiger partial charge on any atom is -0.497 e. The van der Waals surface area contributed by atoms with Crippen molar-refractivity contribution in [3.63, 3.8) is 0 Å². The largest absolute Gasteiger partial charge is 0.497 e. The molecule has 0 fully saturated rings. The number of benzene rings is 1. The summed E-state index contributed by atoms with van der Waals surface area (Å²) in [5.41, 5.74) is 1.12. The summed E-state index contributed by atoms with van der Waals surface area (Å²) in [5, 5.41) is 2.78. The molecule has 1 heterocycles. The fourth-order valence-corrected chi connectivity index (χ4v) is 2.25. The zero-order valence-corrected chi connectivity index (χ0v) is 13.8. The van der Waals surface area contributed by atoms with E-state index in [4.69, 9.17) is 4.74 Å². The molecule has 0 aliphatic rings. The van der Waals surface area contributed by atoms with Crippen molar-refractivity contribution in [3.8, 4) is 17.1 Å². The predicted octanol–water partition coefficient (Wildman–Crippen LogP) is 1.75. The number of carbonyl (C=O) groups is 1. The van der Waals surface area contributed by atoms with Gasteiger partial charge < -0.3 is 10.1 Å². The number of aryl methyl sites for hydroxylation is 1. The predicted molar refractivity (Wildman–Crippen MR) is 88.5 cm³/mol. The number of hydrogen-bond donors (Lipinski definition) is 1. The molecule has 0 radical (unpaired) electrons. The first-order valence-corrected chi connectivity index (χ1v) is 7.43. The van der Waals surface area contributed by atoms with Crippen LogP contribution in [0.4, 0.5) is 0 Å².